The first kappa shape index (κ1) is 20.6. The molecule has 0 radical (unpaired) electrons. The lowest BCUT2D eigenvalue weighted by molar-refractivity contribution is -0.120. The van der Waals surface area contributed by atoms with Crippen LogP contribution in [-0.4, -0.2) is 12.1 Å². The molecule has 0 spiro atoms. The number of hydrogen-bond acceptors (Lipinski definition) is 3. The highest BCUT2D eigenvalue weighted by Crippen LogP contribution is 2.22. The maximum Gasteiger partial charge on any atom is 0.244 e. The molecular weight excluding hydrogens is 408 g/mol. The van der Waals surface area contributed by atoms with Gasteiger partial charge in [-0.25, -0.2) is 5.43 Å². The fourth-order valence-corrected chi connectivity index (χ4v) is 3.42. The average molecular weight is 429 g/mol. The van der Waals surface area contributed by atoms with Crippen molar-refractivity contribution in [3.05, 3.63) is 113 Å². The van der Waals surface area contributed by atoms with Gasteiger partial charge in [0.1, 0.15) is 12.4 Å². The number of hydrogen-bond donors (Lipinski definition) is 1. The number of rotatable bonds is 7. The maximum absolute atomic E-state index is 12.1. The van der Waals surface area contributed by atoms with Crippen LogP contribution >= 0.6 is 11.6 Å². The minimum atomic E-state index is -0.201. The fraction of sp³-hybridized carbons (Fsp3) is 0.0769. The Morgan fingerprint density at radius 3 is 2.52 bits per heavy atom. The summed E-state index contributed by atoms with van der Waals surface area (Å²) in [5.74, 6) is 0.499. The third kappa shape index (κ3) is 5.50. The van der Waals surface area contributed by atoms with Gasteiger partial charge in [-0.3, -0.25) is 4.79 Å². The topological polar surface area (TPSA) is 50.7 Å². The predicted molar refractivity (Wildman–Crippen MR) is 126 cm³/mol. The van der Waals surface area contributed by atoms with Crippen molar-refractivity contribution in [2.24, 2.45) is 5.10 Å². The van der Waals surface area contributed by atoms with Crippen molar-refractivity contribution < 1.29 is 9.53 Å². The van der Waals surface area contributed by atoms with Crippen LogP contribution in [0.15, 0.2) is 96.1 Å². The smallest absolute Gasteiger partial charge is 0.244 e. The lowest BCUT2D eigenvalue weighted by Gasteiger charge is -2.11. The number of amides is 1. The van der Waals surface area contributed by atoms with Crippen LogP contribution in [0.25, 0.3) is 10.8 Å². The zero-order valence-electron chi connectivity index (χ0n) is 16.8. The number of fused-ring (bicyclic) bond motifs is 1. The second-order valence-corrected chi connectivity index (χ2v) is 7.50. The SMILES string of the molecule is O=C(Cc1ccc(Cl)cc1)N/N=C\c1ccccc1OCc1cccc2ccccc12. The minimum Gasteiger partial charge on any atom is -0.488 e. The van der Waals surface area contributed by atoms with Gasteiger partial charge in [0.05, 0.1) is 12.6 Å². The standard InChI is InChI=1S/C26H21ClN2O2/c27-23-14-12-19(13-15-23)16-26(30)29-28-17-21-7-2-4-11-25(21)31-18-22-9-5-8-20-6-1-3-10-24(20)22/h1-15,17H,16,18H2,(H,29,30)/b28-17-. The number of para-hydroxylation sites is 1. The number of carbonyl (C=O) groups is 1. The van der Waals surface area contributed by atoms with Crippen molar-refractivity contribution in [2.45, 2.75) is 13.0 Å². The Hall–Kier alpha value is -3.63. The summed E-state index contributed by atoms with van der Waals surface area (Å²) in [6, 6.07) is 29.2. The van der Waals surface area contributed by atoms with Gasteiger partial charge in [-0.05, 0) is 46.2 Å². The van der Waals surface area contributed by atoms with Crippen molar-refractivity contribution in [1.82, 2.24) is 5.43 Å². The molecule has 0 saturated heterocycles. The number of nitrogens with one attached hydrogen (secondary N) is 1. The zero-order valence-corrected chi connectivity index (χ0v) is 17.5. The van der Waals surface area contributed by atoms with Crippen molar-refractivity contribution in [3.8, 4) is 5.75 Å². The second kappa shape index (κ2) is 9.92. The van der Waals surface area contributed by atoms with Crippen LogP contribution in [0.1, 0.15) is 16.7 Å². The van der Waals surface area contributed by atoms with Crippen molar-refractivity contribution >= 4 is 34.5 Å². The molecule has 4 nitrogen and oxygen atoms in total. The third-order valence-electron chi connectivity index (χ3n) is 4.85. The average Bonchev–Trinajstić information content (AvgIpc) is 2.80. The van der Waals surface area contributed by atoms with Crippen molar-refractivity contribution in [3.63, 3.8) is 0 Å². The molecule has 0 heterocycles. The summed E-state index contributed by atoms with van der Waals surface area (Å²) in [6.45, 7) is 0.440. The fourth-order valence-electron chi connectivity index (χ4n) is 3.29. The molecule has 0 fully saturated rings. The normalized spacial score (nSPS) is 11.0. The Morgan fingerprint density at radius 1 is 0.903 bits per heavy atom. The highest BCUT2D eigenvalue weighted by atomic mass is 35.5. The summed E-state index contributed by atoms with van der Waals surface area (Å²) < 4.78 is 6.08. The van der Waals surface area contributed by atoms with E-state index in [1.54, 1.807) is 18.3 Å². The van der Waals surface area contributed by atoms with E-state index in [1.165, 1.54) is 10.8 Å². The summed E-state index contributed by atoms with van der Waals surface area (Å²) in [6.07, 6.45) is 1.83. The van der Waals surface area contributed by atoms with E-state index in [2.05, 4.69) is 34.8 Å². The van der Waals surface area contributed by atoms with Gasteiger partial charge in [0.15, 0.2) is 0 Å². The van der Waals surface area contributed by atoms with Gasteiger partial charge in [0, 0.05) is 10.6 Å². The van der Waals surface area contributed by atoms with Crippen LogP contribution in [0.2, 0.25) is 5.02 Å². The zero-order chi connectivity index (χ0) is 21.5. The summed E-state index contributed by atoms with van der Waals surface area (Å²) in [7, 11) is 0. The van der Waals surface area contributed by atoms with Gasteiger partial charge in [0.25, 0.3) is 0 Å². The van der Waals surface area contributed by atoms with E-state index in [0.717, 1.165) is 16.7 Å². The van der Waals surface area contributed by atoms with Crippen LogP contribution in [0.4, 0.5) is 0 Å². The van der Waals surface area contributed by atoms with E-state index in [9.17, 15) is 4.79 Å². The molecule has 0 aromatic heterocycles. The molecule has 1 N–H and O–H groups in total. The molecule has 0 saturated carbocycles. The van der Waals surface area contributed by atoms with E-state index in [-0.39, 0.29) is 12.3 Å². The second-order valence-electron chi connectivity index (χ2n) is 7.06. The lowest BCUT2D eigenvalue weighted by Crippen LogP contribution is -2.19. The molecule has 154 valence electrons. The van der Waals surface area contributed by atoms with Gasteiger partial charge < -0.3 is 4.74 Å². The van der Waals surface area contributed by atoms with E-state index in [4.69, 9.17) is 16.3 Å². The molecule has 0 atom stereocenters. The molecule has 0 bridgehead atoms. The van der Waals surface area contributed by atoms with E-state index >= 15 is 0 Å². The summed E-state index contributed by atoms with van der Waals surface area (Å²) >= 11 is 5.87. The summed E-state index contributed by atoms with van der Waals surface area (Å²) in [5.41, 5.74) is 5.33. The van der Waals surface area contributed by atoms with Gasteiger partial charge in [0.2, 0.25) is 5.91 Å². The molecule has 4 aromatic rings. The molecule has 4 aromatic carbocycles. The number of ether oxygens (including phenoxy) is 1. The molecule has 0 aliphatic carbocycles. The number of halogens is 1. The Bertz CT molecular complexity index is 1210. The number of hydrazone groups is 1. The Morgan fingerprint density at radius 2 is 1.65 bits per heavy atom. The van der Waals surface area contributed by atoms with Crippen molar-refractivity contribution in [2.75, 3.05) is 0 Å². The number of carbonyl (C=O) groups excluding carboxylic acids is 1. The van der Waals surface area contributed by atoms with Crippen LogP contribution in [-0.2, 0) is 17.8 Å². The molecule has 4 rings (SSSR count). The van der Waals surface area contributed by atoms with E-state index in [0.29, 0.717) is 17.4 Å². The first-order valence-electron chi connectivity index (χ1n) is 9.94. The van der Waals surface area contributed by atoms with Crippen molar-refractivity contribution in [1.29, 1.82) is 0 Å². The third-order valence-corrected chi connectivity index (χ3v) is 5.10. The van der Waals surface area contributed by atoms with Gasteiger partial charge >= 0.3 is 0 Å². The monoisotopic (exact) mass is 428 g/mol. The molecule has 5 heteroatoms. The van der Waals surface area contributed by atoms with Crippen LogP contribution in [0, 0.1) is 0 Å². The highest BCUT2D eigenvalue weighted by molar-refractivity contribution is 6.30. The Balaban J connectivity index is 1.40. The maximum atomic E-state index is 12.1. The first-order chi connectivity index (χ1) is 15.2. The molecule has 0 unspecified atom stereocenters. The van der Waals surface area contributed by atoms with E-state index in [1.807, 2.05) is 54.6 Å². The Labute approximate surface area is 186 Å². The molecule has 0 aliphatic rings. The quantitative estimate of drug-likeness (QED) is 0.300. The molecule has 31 heavy (non-hydrogen) atoms. The summed E-state index contributed by atoms with van der Waals surface area (Å²) in [5, 5.41) is 7.09. The lowest BCUT2D eigenvalue weighted by atomic mass is 10.1. The highest BCUT2D eigenvalue weighted by Gasteiger charge is 2.05. The first-order valence-corrected chi connectivity index (χ1v) is 10.3. The van der Waals surface area contributed by atoms with Gasteiger partial charge in [-0.15, -0.1) is 0 Å². The van der Waals surface area contributed by atoms with Crippen LogP contribution in [0.5, 0.6) is 5.75 Å². The summed E-state index contributed by atoms with van der Waals surface area (Å²) in [4.78, 5) is 12.1. The molecule has 1 amide bonds. The molecule has 0 aliphatic heterocycles. The van der Waals surface area contributed by atoms with E-state index < -0.39 is 0 Å². The van der Waals surface area contributed by atoms with Gasteiger partial charge in [-0.2, -0.15) is 5.10 Å². The predicted octanol–water partition coefficient (Wildman–Crippen LogP) is 5.77. The van der Waals surface area contributed by atoms with Crippen LogP contribution < -0.4 is 10.2 Å². The Kier molecular flexibility index (Phi) is 6.60. The molecular formula is C26H21ClN2O2. The largest absolute Gasteiger partial charge is 0.488 e. The van der Waals surface area contributed by atoms with Crippen LogP contribution in [0.3, 0.4) is 0 Å². The minimum absolute atomic E-state index is 0.201. The number of nitrogens with zero attached hydrogens (tertiary/aromatic N) is 1. The van der Waals surface area contributed by atoms with Gasteiger partial charge in [-0.1, -0.05) is 78.3 Å². The number of benzene rings is 4.